The minimum absolute atomic E-state index is 0.0137. The molecule has 154 valence electrons. The quantitative estimate of drug-likeness (QED) is 0.359. The third-order valence-corrected chi connectivity index (χ3v) is 4.33. The van der Waals surface area contributed by atoms with Crippen LogP contribution < -0.4 is 14.9 Å². The SMILES string of the molecule is COc1ccc(C(=O)N/N=C\c2ccc(-c3ccc(C)c([N+](=O)[O-])c3)o2)c(OC)c1. The summed E-state index contributed by atoms with van der Waals surface area (Å²) in [7, 11) is 2.97. The molecule has 1 heterocycles. The van der Waals surface area contributed by atoms with Gasteiger partial charge in [0.05, 0.1) is 30.9 Å². The lowest BCUT2D eigenvalue weighted by Gasteiger charge is -2.08. The molecule has 0 spiro atoms. The van der Waals surface area contributed by atoms with Gasteiger partial charge in [0.15, 0.2) is 0 Å². The average molecular weight is 409 g/mol. The zero-order valence-corrected chi connectivity index (χ0v) is 16.5. The van der Waals surface area contributed by atoms with Crippen molar-refractivity contribution in [2.45, 2.75) is 6.92 Å². The van der Waals surface area contributed by atoms with E-state index in [1.807, 2.05) is 0 Å². The molecule has 9 nitrogen and oxygen atoms in total. The minimum Gasteiger partial charge on any atom is -0.497 e. The number of ether oxygens (including phenoxy) is 2. The summed E-state index contributed by atoms with van der Waals surface area (Å²) in [6, 6.07) is 13.0. The first-order chi connectivity index (χ1) is 14.4. The van der Waals surface area contributed by atoms with Gasteiger partial charge in [0.25, 0.3) is 11.6 Å². The van der Waals surface area contributed by atoms with Crippen molar-refractivity contribution in [3.8, 4) is 22.8 Å². The molecular formula is C21H19N3O6. The van der Waals surface area contributed by atoms with Crippen molar-refractivity contribution in [3.63, 3.8) is 0 Å². The number of nitro groups is 1. The second kappa shape index (κ2) is 8.91. The van der Waals surface area contributed by atoms with Gasteiger partial charge in [-0.25, -0.2) is 5.43 Å². The van der Waals surface area contributed by atoms with E-state index in [0.717, 1.165) is 0 Å². The number of hydrogen-bond donors (Lipinski definition) is 1. The first-order valence-electron chi connectivity index (χ1n) is 8.83. The number of carbonyl (C=O) groups is 1. The zero-order valence-electron chi connectivity index (χ0n) is 16.5. The molecule has 0 saturated carbocycles. The van der Waals surface area contributed by atoms with E-state index in [4.69, 9.17) is 13.9 Å². The molecule has 0 bridgehead atoms. The number of nitrogens with zero attached hydrogens (tertiary/aromatic N) is 2. The zero-order chi connectivity index (χ0) is 21.7. The van der Waals surface area contributed by atoms with Crippen LogP contribution in [-0.2, 0) is 0 Å². The van der Waals surface area contributed by atoms with Crippen LogP contribution in [0.2, 0.25) is 0 Å². The topological polar surface area (TPSA) is 116 Å². The van der Waals surface area contributed by atoms with E-state index in [1.54, 1.807) is 49.4 Å². The number of aryl methyl sites for hydroxylation is 1. The Balaban J connectivity index is 1.71. The molecule has 1 aromatic heterocycles. The van der Waals surface area contributed by atoms with E-state index in [9.17, 15) is 14.9 Å². The van der Waals surface area contributed by atoms with Crippen LogP contribution >= 0.6 is 0 Å². The van der Waals surface area contributed by atoms with Gasteiger partial charge >= 0.3 is 0 Å². The predicted octanol–water partition coefficient (Wildman–Crippen LogP) is 3.94. The molecule has 0 saturated heterocycles. The number of nitrogens with one attached hydrogen (secondary N) is 1. The van der Waals surface area contributed by atoms with Gasteiger partial charge in [-0.05, 0) is 31.2 Å². The summed E-state index contributed by atoms with van der Waals surface area (Å²) in [6.07, 6.45) is 1.33. The fourth-order valence-corrected chi connectivity index (χ4v) is 2.74. The van der Waals surface area contributed by atoms with Gasteiger partial charge in [-0.15, -0.1) is 0 Å². The Hall–Kier alpha value is -4.14. The number of nitro benzene ring substituents is 1. The molecule has 0 aliphatic heterocycles. The lowest BCUT2D eigenvalue weighted by atomic mass is 10.1. The van der Waals surface area contributed by atoms with Crippen LogP contribution in [0.1, 0.15) is 21.7 Å². The smallest absolute Gasteiger partial charge is 0.275 e. The number of furan rings is 1. The van der Waals surface area contributed by atoms with E-state index in [0.29, 0.717) is 39.7 Å². The molecule has 0 unspecified atom stereocenters. The van der Waals surface area contributed by atoms with E-state index < -0.39 is 10.8 Å². The molecule has 1 N–H and O–H groups in total. The minimum atomic E-state index is -0.466. The highest BCUT2D eigenvalue weighted by molar-refractivity contribution is 5.97. The largest absolute Gasteiger partial charge is 0.497 e. The highest BCUT2D eigenvalue weighted by atomic mass is 16.6. The Morgan fingerprint density at radius 1 is 1.13 bits per heavy atom. The second-order valence-corrected chi connectivity index (χ2v) is 6.23. The van der Waals surface area contributed by atoms with Crippen molar-refractivity contribution in [1.29, 1.82) is 0 Å². The summed E-state index contributed by atoms with van der Waals surface area (Å²) in [6.45, 7) is 1.67. The average Bonchev–Trinajstić information content (AvgIpc) is 3.22. The van der Waals surface area contributed by atoms with Crippen LogP contribution in [-0.4, -0.2) is 31.3 Å². The Morgan fingerprint density at radius 3 is 2.63 bits per heavy atom. The van der Waals surface area contributed by atoms with Crippen molar-refractivity contribution in [2.24, 2.45) is 5.10 Å². The van der Waals surface area contributed by atoms with Crippen molar-refractivity contribution >= 4 is 17.8 Å². The maximum absolute atomic E-state index is 12.3. The van der Waals surface area contributed by atoms with Crippen LogP contribution in [0.5, 0.6) is 11.5 Å². The molecule has 0 fully saturated rings. The number of hydrogen-bond acceptors (Lipinski definition) is 7. The Bertz CT molecular complexity index is 1120. The Labute approximate surface area is 172 Å². The summed E-state index contributed by atoms with van der Waals surface area (Å²) in [5, 5.41) is 15.0. The van der Waals surface area contributed by atoms with Crippen LogP contribution in [0.25, 0.3) is 11.3 Å². The van der Waals surface area contributed by atoms with Gasteiger partial charge < -0.3 is 13.9 Å². The molecule has 3 aromatic rings. The Morgan fingerprint density at radius 2 is 1.93 bits per heavy atom. The molecule has 30 heavy (non-hydrogen) atoms. The molecule has 3 rings (SSSR count). The van der Waals surface area contributed by atoms with Crippen molar-refractivity contribution in [2.75, 3.05) is 14.2 Å². The molecular weight excluding hydrogens is 390 g/mol. The summed E-state index contributed by atoms with van der Waals surface area (Å²) in [5.41, 5.74) is 3.84. The van der Waals surface area contributed by atoms with Gasteiger partial charge in [-0.3, -0.25) is 14.9 Å². The number of hydrazone groups is 1. The molecule has 0 atom stereocenters. The Kier molecular flexibility index (Phi) is 6.11. The molecule has 9 heteroatoms. The van der Waals surface area contributed by atoms with Gasteiger partial charge in [-0.1, -0.05) is 12.1 Å². The van der Waals surface area contributed by atoms with Gasteiger partial charge in [-0.2, -0.15) is 5.10 Å². The third kappa shape index (κ3) is 4.46. The monoisotopic (exact) mass is 409 g/mol. The third-order valence-electron chi connectivity index (χ3n) is 4.33. The number of rotatable bonds is 7. The summed E-state index contributed by atoms with van der Waals surface area (Å²) in [4.78, 5) is 23.0. The van der Waals surface area contributed by atoms with Crippen molar-refractivity contribution < 1.29 is 23.6 Å². The van der Waals surface area contributed by atoms with E-state index in [-0.39, 0.29) is 5.69 Å². The standard InChI is InChI=1S/C21H19N3O6/c1-13-4-5-14(10-18(13)24(26)27)19-9-7-16(30-19)12-22-23-21(25)17-8-6-15(28-2)11-20(17)29-3/h4-12H,1-3H3,(H,23,25)/b22-12-. The molecule has 0 radical (unpaired) electrons. The number of methoxy groups -OCH3 is 2. The van der Waals surface area contributed by atoms with E-state index in [2.05, 4.69) is 10.5 Å². The normalized spacial score (nSPS) is 10.8. The van der Waals surface area contributed by atoms with E-state index in [1.165, 1.54) is 26.5 Å². The highest BCUT2D eigenvalue weighted by Gasteiger charge is 2.14. The van der Waals surface area contributed by atoms with E-state index >= 15 is 0 Å². The molecule has 0 aliphatic rings. The van der Waals surface area contributed by atoms with Crippen LogP contribution in [0.3, 0.4) is 0 Å². The van der Waals surface area contributed by atoms with Gasteiger partial charge in [0.1, 0.15) is 23.0 Å². The van der Waals surface area contributed by atoms with Crippen LogP contribution in [0, 0.1) is 17.0 Å². The van der Waals surface area contributed by atoms with Crippen LogP contribution in [0.4, 0.5) is 5.69 Å². The van der Waals surface area contributed by atoms with Crippen LogP contribution in [0.15, 0.2) is 58.0 Å². The predicted molar refractivity (Wildman–Crippen MR) is 110 cm³/mol. The molecule has 1 amide bonds. The fraction of sp³-hybridized carbons (Fsp3) is 0.143. The van der Waals surface area contributed by atoms with Crippen molar-refractivity contribution in [1.82, 2.24) is 5.43 Å². The summed E-state index contributed by atoms with van der Waals surface area (Å²) >= 11 is 0. The summed E-state index contributed by atoms with van der Waals surface area (Å²) < 4.78 is 15.9. The first kappa shape index (κ1) is 20.6. The molecule has 2 aromatic carbocycles. The van der Waals surface area contributed by atoms with Gasteiger partial charge in [0.2, 0.25) is 0 Å². The summed E-state index contributed by atoms with van der Waals surface area (Å²) in [5.74, 6) is 1.26. The highest BCUT2D eigenvalue weighted by Crippen LogP contribution is 2.28. The maximum Gasteiger partial charge on any atom is 0.275 e. The number of carbonyl (C=O) groups excluding carboxylic acids is 1. The molecule has 0 aliphatic carbocycles. The lowest BCUT2D eigenvalue weighted by molar-refractivity contribution is -0.385. The maximum atomic E-state index is 12.3. The number of amides is 1. The lowest BCUT2D eigenvalue weighted by Crippen LogP contribution is -2.18. The van der Waals surface area contributed by atoms with Crippen molar-refractivity contribution in [3.05, 3.63) is 75.5 Å². The van der Waals surface area contributed by atoms with Gasteiger partial charge in [0, 0.05) is 23.3 Å². The second-order valence-electron chi connectivity index (χ2n) is 6.23. The number of benzene rings is 2. The first-order valence-corrected chi connectivity index (χ1v) is 8.83. The fourth-order valence-electron chi connectivity index (χ4n) is 2.74.